The zero-order valence-electron chi connectivity index (χ0n) is 10.4. The third kappa shape index (κ3) is 3.24. The van der Waals surface area contributed by atoms with Crippen LogP contribution in [-0.2, 0) is 4.74 Å². The molecule has 0 bridgehead atoms. The number of hydrogen-bond acceptors (Lipinski definition) is 1. The van der Waals surface area contributed by atoms with E-state index in [4.69, 9.17) is 0 Å². The highest BCUT2D eigenvalue weighted by molar-refractivity contribution is 5.03. The molecule has 10 heteroatoms. The van der Waals surface area contributed by atoms with E-state index in [1.807, 2.05) is 0 Å². The lowest BCUT2D eigenvalue weighted by atomic mass is 10.0. The van der Waals surface area contributed by atoms with Gasteiger partial charge >= 0.3 is 24.1 Å². The second-order valence-electron chi connectivity index (χ2n) is 4.69. The molecule has 0 amide bonds. The lowest BCUT2D eigenvalue weighted by Gasteiger charge is -2.36. The fraction of sp³-hybridized carbons (Fsp3) is 0.818. The van der Waals surface area contributed by atoms with Crippen LogP contribution in [0.25, 0.3) is 0 Å². The molecule has 0 aliphatic heterocycles. The van der Waals surface area contributed by atoms with Gasteiger partial charge in [0.05, 0.1) is 6.10 Å². The van der Waals surface area contributed by atoms with Crippen LogP contribution in [0.2, 0.25) is 0 Å². The van der Waals surface area contributed by atoms with Crippen molar-refractivity contribution in [3.05, 3.63) is 13.3 Å². The molecule has 0 saturated heterocycles. The third-order valence-corrected chi connectivity index (χ3v) is 3.19. The molecule has 21 heavy (non-hydrogen) atoms. The average Bonchev–Trinajstić information content (AvgIpc) is 2.71. The second kappa shape index (κ2) is 5.51. The Morgan fingerprint density at radius 3 is 1.76 bits per heavy atom. The van der Waals surface area contributed by atoms with Crippen LogP contribution in [0.1, 0.15) is 19.3 Å². The van der Waals surface area contributed by atoms with Crippen LogP contribution in [0.3, 0.4) is 0 Å². The zero-order valence-corrected chi connectivity index (χ0v) is 10.4. The van der Waals surface area contributed by atoms with Gasteiger partial charge in [0.2, 0.25) is 0 Å². The number of ether oxygens (including phenoxy) is 1. The maximum Gasteiger partial charge on any atom is 0.440 e. The van der Waals surface area contributed by atoms with E-state index in [2.05, 4.69) is 11.7 Å². The van der Waals surface area contributed by atoms with Crippen LogP contribution in [0.4, 0.5) is 39.5 Å². The Morgan fingerprint density at radius 1 is 0.952 bits per heavy atom. The minimum atomic E-state index is -6.88. The summed E-state index contributed by atoms with van der Waals surface area (Å²) in [6.07, 6.45) is -20.4. The molecule has 0 heterocycles. The van der Waals surface area contributed by atoms with Crippen molar-refractivity contribution in [2.24, 2.45) is 5.92 Å². The van der Waals surface area contributed by atoms with E-state index in [0.717, 1.165) is 6.42 Å². The van der Waals surface area contributed by atoms with Crippen LogP contribution < -0.4 is 0 Å². The molecule has 1 saturated carbocycles. The molecule has 1 rings (SSSR count). The molecule has 1 fully saturated rings. The lowest BCUT2D eigenvalue weighted by molar-refractivity contribution is -0.453. The van der Waals surface area contributed by atoms with Crippen molar-refractivity contribution in [1.82, 2.24) is 0 Å². The lowest BCUT2D eigenvalue weighted by Crippen LogP contribution is -2.65. The topological polar surface area (TPSA) is 9.23 Å². The Morgan fingerprint density at radius 2 is 1.43 bits per heavy atom. The molecule has 2 atom stereocenters. The first kappa shape index (κ1) is 18.4. The number of hydrogen-bond donors (Lipinski definition) is 0. The van der Waals surface area contributed by atoms with E-state index >= 15 is 0 Å². The molecule has 0 aromatic carbocycles. The highest BCUT2D eigenvalue weighted by Crippen LogP contribution is 2.55. The van der Waals surface area contributed by atoms with Crippen LogP contribution in [0.5, 0.6) is 0 Å². The van der Waals surface area contributed by atoms with Crippen molar-refractivity contribution in [3.8, 4) is 0 Å². The van der Waals surface area contributed by atoms with E-state index in [-0.39, 0.29) is 25.2 Å². The molecule has 0 N–H and O–H groups in total. The standard InChI is InChI=1S/C11H11F9O/c1-2-6-3-4-7(5-6)21-11(19,20)8(12,9(13,14)15)10(16,17)18/h4,6-7H,1-3,5H2. The average molecular weight is 330 g/mol. The fourth-order valence-electron chi connectivity index (χ4n) is 1.96. The quantitative estimate of drug-likeness (QED) is 0.683. The molecular formula is C11H11F9O. The number of halogens is 9. The molecule has 1 aliphatic rings. The summed E-state index contributed by atoms with van der Waals surface area (Å²) < 4.78 is 117. The van der Waals surface area contributed by atoms with Crippen molar-refractivity contribution in [2.75, 3.05) is 0 Å². The van der Waals surface area contributed by atoms with E-state index in [0.29, 0.717) is 0 Å². The summed E-state index contributed by atoms with van der Waals surface area (Å²) in [7, 11) is 0. The van der Waals surface area contributed by atoms with Crippen molar-refractivity contribution in [2.45, 2.75) is 49.5 Å². The molecule has 0 spiro atoms. The summed E-state index contributed by atoms with van der Waals surface area (Å²) in [5.41, 5.74) is -6.77. The summed E-state index contributed by atoms with van der Waals surface area (Å²) >= 11 is 0. The molecular weight excluding hydrogens is 319 g/mol. The van der Waals surface area contributed by atoms with Gasteiger partial charge < -0.3 is 4.74 Å². The van der Waals surface area contributed by atoms with Gasteiger partial charge in [-0.2, -0.15) is 35.1 Å². The largest absolute Gasteiger partial charge is 0.440 e. The third-order valence-electron chi connectivity index (χ3n) is 3.19. The van der Waals surface area contributed by atoms with Crippen LogP contribution in [0, 0.1) is 19.3 Å². The van der Waals surface area contributed by atoms with Gasteiger partial charge in [-0.05, 0) is 25.2 Å². The van der Waals surface area contributed by atoms with Gasteiger partial charge in [-0.3, -0.25) is 0 Å². The molecule has 2 radical (unpaired) electrons. The van der Waals surface area contributed by atoms with Gasteiger partial charge in [0.1, 0.15) is 0 Å². The summed E-state index contributed by atoms with van der Waals surface area (Å²) in [4.78, 5) is 0. The van der Waals surface area contributed by atoms with Crippen molar-refractivity contribution < 1.29 is 44.3 Å². The summed E-state index contributed by atoms with van der Waals surface area (Å²) in [6.45, 7) is 3.43. The van der Waals surface area contributed by atoms with E-state index < -0.39 is 30.2 Å². The maximum absolute atomic E-state index is 13.3. The van der Waals surface area contributed by atoms with E-state index in [1.165, 1.54) is 0 Å². The highest BCUT2D eigenvalue weighted by atomic mass is 19.4. The Hall–Kier alpha value is -0.670. The van der Waals surface area contributed by atoms with Gasteiger partial charge in [0.25, 0.3) is 0 Å². The van der Waals surface area contributed by atoms with Crippen LogP contribution in [0.15, 0.2) is 0 Å². The molecule has 0 aromatic heterocycles. The van der Waals surface area contributed by atoms with Gasteiger partial charge in [-0.1, -0.05) is 13.3 Å². The highest BCUT2D eigenvalue weighted by Gasteiger charge is 2.85. The Labute approximate surface area is 114 Å². The van der Waals surface area contributed by atoms with Crippen LogP contribution >= 0.6 is 0 Å². The summed E-state index contributed by atoms with van der Waals surface area (Å²) in [6, 6.07) is 0. The van der Waals surface area contributed by atoms with E-state index in [9.17, 15) is 39.5 Å². The first-order chi connectivity index (χ1) is 9.26. The smallest absolute Gasteiger partial charge is 0.314 e. The first-order valence-electron chi connectivity index (χ1n) is 5.77. The van der Waals surface area contributed by atoms with Gasteiger partial charge in [0, 0.05) is 0 Å². The van der Waals surface area contributed by atoms with Crippen molar-refractivity contribution in [3.63, 3.8) is 0 Å². The molecule has 1 aliphatic carbocycles. The molecule has 2 unspecified atom stereocenters. The summed E-state index contributed by atoms with van der Waals surface area (Å²) in [5.74, 6) is -0.309. The first-order valence-corrected chi connectivity index (χ1v) is 5.77. The Balaban J connectivity index is 3.02. The molecule has 1 nitrogen and oxygen atoms in total. The minimum Gasteiger partial charge on any atom is -0.314 e. The Bertz CT molecular complexity index is 346. The van der Waals surface area contributed by atoms with Crippen molar-refractivity contribution in [1.29, 1.82) is 0 Å². The zero-order chi connectivity index (χ0) is 16.7. The number of rotatable bonds is 4. The maximum atomic E-state index is 13.3. The monoisotopic (exact) mass is 330 g/mol. The molecule has 124 valence electrons. The van der Waals surface area contributed by atoms with Gasteiger partial charge in [0.15, 0.2) is 0 Å². The fourth-order valence-corrected chi connectivity index (χ4v) is 1.96. The molecule has 0 aromatic rings. The van der Waals surface area contributed by atoms with Gasteiger partial charge in [-0.15, -0.1) is 0 Å². The second-order valence-corrected chi connectivity index (χ2v) is 4.69. The predicted molar refractivity (Wildman–Crippen MR) is 52.8 cm³/mol. The van der Waals surface area contributed by atoms with Gasteiger partial charge in [-0.25, -0.2) is 4.39 Å². The van der Waals surface area contributed by atoms with Crippen molar-refractivity contribution >= 4 is 0 Å². The van der Waals surface area contributed by atoms with Crippen LogP contribution in [-0.4, -0.2) is 30.2 Å². The number of alkyl halides is 9. The normalized spacial score (nSPS) is 25.4. The minimum absolute atomic E-state index is 0.140. The Kier molecular flexibility index (Phi) is 4.82. The summed E-state index contributed by atoms with van der Waals surface area (Å²) in [5, 5.41) is 0. The SMILES string of the molecule is [CH2]CC1C[CH]C(OC(F)(F)C(F)(C(F)(F)F)C(F)(F)F)C1. The van der Waals surface area contributed by atoms with E-state index in [1.54, 1.807) is 0 Å². The predicted octanol–water partition coefficient (Wildman–Crippen LogP) is 4.64.